The molecule has 0 aliphatic carbocycles. The lowest BCUT2D eigenvalue weighted by atomic mass is 10.0. The van der Waals surface area contributed by atoms with Gasteiger partial charge >= 0.3 is 6.03 Å². The number of benzene rings is 1. The van der Waals surface area contributed by atoms with Crippen molar-refractivity contribution in [3.63, 3.8) is 0 Å². The monoisotopic (exact) mass is 233 g/mol. The third kappa shape index (κ3) is 2.26. The number of urea groups is 1. The number of hydrogen-bond donors (Lipinski definition) is 1. The summed E-state index contributed by atoms with van der Waals surface area (Å²) in [5.41, 5.74) is 7.83. The average molecular weight is 233 g/mol. The van der Waals surface area contributed by atoms with E-state index in [9.17, 15) is 4.79 Å². The SMILES string of the molecule is CC(CN)c1cccc(N2CCN(C)C2=O)c1. The maximum absolute atomic E-state index is 11.9. The van der Waals surface area contributed by atoms with Gasteiger partial charge in [-0.25, -0.2) is 4.79 Å². The normalized spacial score (nSPS) is 17.7. The van der Waals surface area contributed by atoms with E-state index in [0.29, 0.717) is 12.5 Å². The molecule has 2 rings (SSSR count). The quantitative estimate of drug-likeness (QED) is 0.862. The van der Waals surface area contributed by atoms with E-state index < -0.39 is 0 Å². The van der Waals surface area contributed by atoms with E-state index in [4.69, 9.17) is 5.73 Å². The Bertz CT molecular complexity index is 419. The van der Waals surface area contributed by atoms with Gasteiger partial charge in [-0.1, -0.05) is 19.1 Å². The van der Waals surface area contributed by atoms with Crippen molar-refractivity contribution in [1.82, 2.24) is 4.90 Å². The van der Waals surface area contributed by atoms with Crippen LogP contribution in [0.4, 0.5) is 10.5 Å². The summed E-state index contributed by atoms with van der Waals surface area (Å²) in [6.07, 6.45) is 0. The number of carbonyl (C=O) groups excluding carboxylic acids is 1. The predicted octanol–water partition coefficient (Wildman–Crippen LogP) is 1.62. The van der Waals surface area contributed by atoms with Gasteiger partial charge in [0.05, 0.1) is 0 Å². The van der Waals surface area contributed by atoms with Gasteiger partial charge in [-0.15, -0.1) is 0 Å². The highest BCUT2D eigenvalue weighted by molar-refractivity contribution is 5.94. The van der Waals surface area contributed by atoms with Crippen LogP contribution in [-0.2, 0) is 0 Å². The molecule has 0 spiro atoms. The molecule has 0 radical (unpaired) electrons. The van der Waals surface area contributed by atoms with Crippen LogP contribution in [0.2, 0.25) is 0 Å². The molecule has 0 saturated carbocycles. The fourth-order valence-corrected chi connectivity index (χ4v) is 2.02. The molecule has 1 aromatic carbocycles. The van der Waals surface area contributed by atoms with Crippen LogP contribution in [0.25, 0.3) is 0 Å². The average Bonchev–Trinajstić information content (AvgIpc) is 2.69. The lowest BCUT2D eigenvalue weighted by Crippen LogP contribution is -2.29. The van der Waals surface area contributed by atoms with E-state index in [1.807, 2.05) is 24.1 Å². The number of amides is 2. The summed E-state index contributed by atoms with van der Waals surface area (Å²) in [5.74, 6) is 0.324. The zero-order valence-corrected chi connectivity index (χ0v) is 10.4. The van der Waals surface area contributed by atoms with E-state index in [2.05, 4.69) is 19.1 Å². The molecule has 4 heteroatoms. The third-order valence-corrected chi connectivity index (χ3v) is 3.32. The zero-order valence-electron chi connectivity index (χ0n) is 10.4. The van der Waals surface area contributed by atoms with Crippen LogP contribution in [0.5, 0.6) is 0 Å². The van der Waals surface area contributed by atoms with Gasteiger partial charge in [-0.2, -0.15) is 0 Å². The minimum absolute atomic E-state index is 0.0718. The summed E-state index contributed by atoms with van der Waals surface area (Å²) in [6.45, 7) is 4.26. The molecular formula is C13H19N3O. The van der Waals surface area contributed by atoms with Crippen LogP contribution >= 0.6 is 0 Å². The van der Waals surface area contributed by atoms with Crippen LogP contribution in [0, 0.1) is 0 Å². The molecule has 1 aromatic rings. The minimum atomic E-state index is 0.0718. The molecule has 1 saturated heterocycles. The van der Waals surface area contributed by atoms with Gasteiger partial charge in [0.25, 0.3) is 0 Å². The summed E-state index contributed by atoms with van der Waals surface area (Å²) < 4.78 is 0. The Kier molecular flexibility index (Phi) is 3.33. The zero-order chi connectivity index (χ0) is 12.4. The van der Waals surface area contributed by atoms with Crippen molar-refractivity contribution in [2.45, 2.75) is 12.8 Å². The Morgan fingerprint density at radius 3 is 2.76 bits per heavy atom. The lowest BCUT2D eigenvalue weighted by Gasteiger charge is -2.18. The fourth-order valence-electron chi connectivity index (χ4n) is 2.02. The Labute approximate surface area is 102 Å². The third-order valence-electron chi connectivity index (χ3n) is 3.32. The maximum atomic E-state index is 11.9. The highest BCUT2D eigenvalue weighted by Gasteiger charge is 2.26. The summed E-state index contributed by atoms with van der Waals surface area (Å²) in [4.78, 5) is 15.4. The lowest BCUT2D eigenvalue weighted by molar-refractivity contribution is 0.229. The number of hydrogen-bond acceptors (Lipinski definition) is 2. The van der Waals surface area contributed by atoms with E-state index in [1.54, 1.807) is 4.90 Å². The van der Waals surface area contributed by atoms with Crippen molar-refractivity contribution in [3.8, 4) is 0 Å². The molecule has 1 aliphatic rings. The maximum Gasteiger partial charge on any atom is 0.324 e. The van der Waals surface area contributed by atoms with Gasteiger partial charge in [-0.05, 0) is 30.2 Å². The first-order chi connectivity index (χ1) is 8.13. The number of likely N-dealkylation sites (N-methyl/N-ethyl adjacent to an activating group) is 1. The number of rotatable bonds is 3. The Morgan fingerprint density at radius 2 is 2.18 bits per heavy atom. The summed E-state index contributed by atoms with van der Waals surface area (Å²) >= 11 is 0. The molecule has 1 fully saturated rings. The molecule has 1 unspecified atom stereocenters. The largest absolute Gasteiger partial charge is 0.330 e. The van der Waals surface area contributed by atoms with Gasteiger partial charge in [0.2, 0.25) is 0 Å². The number of carbonyl (C=O) groups is 1. The highest BCUT2D eigenvalue weighted by Crippen LogP contribution is 2.24. The summed E-state index contributed by atoms with van der Waals surface area (Å²) in [5, 5.41) is 0. The second-order valence-electron chi connectivity index (χ2n) is 4.59. The van der Waals surface area contributed by atoms with Crippen molar-refractivity contribution < 1.29 is 4.79 Å². The van der Waals surface area contributed by atoms with Crippen LogP contribution < -0.4 is 10.6 Å². The molecule has 92 valence electrons. The fraction of sp³-hybridized carbons (Fsp3) is 0.462. The van der Waals surface area contributed by atoms with Gasteiger partial charge in [0.1, 0.15) is 0 Å². The smallest absolute Gasteiger partial charge is 0.324 e. The number of anilines is 1. The molecular weight excluding hydrogens is 214 g/mol. The Hall–Kier alpha value is -1.55. The summed E-state index contributed by atoms with van der Waals surface area (Å²) in [6, 6.07) is 8.16. The first kappa shape index (κ1) is 11.9. The van der Waals surface area contributed by atoms with Crippen LogP contribution in [0.1, 0.15) is 18.4 Å². The number of nitrogens with zero attached hydrogens (tertiary/aromatic N) is 2. The molecule has 2 N–H and O–H groups in total. The van der Waals surface area contributed by atoms with Crippen LogP contribution in [-0.4, -0.2) is 37.6 Å². The Balaban J connectivity index is 2.25. The standard InChI is InChI=1S/C13H19N3O/c1-10(9-14)11-4-3-5-12(8-11)16-7-6-15(2)13(16)17/h3-5,8,10H,6-7,9,14H2,1-2H3. The minimum Gasteiger partial charge on any atom is -0.330 e. The van der Waals surface area contributed by atoms with E-state index in [0.717, 1.165) is 18.8 Å². The van der Waals surface area contributed by atoms with Gasteiger partial charge in [-0.3, -0.25) is 4.90 Å². The molecule has 17 heavy (non-hydrogen) atoms. The summed E-state index contributed by atoms with van der Waals surface area (Å²) in [7, 11) is 1.83. The second kappa shape index (κ2) is 4.75. The van der Waals surface area contributed by atoms with E-state index in [1.165, 1.54) is 5.56 Å². The van der Waals surface area contributed by atoms with Crippen molar-refractivity contribution in [3.05, 3.63) is 29.8 Å². The van der Waals surface area contributed by atoms with Crippen molar-refractivity contribution in [2.75, 3.05) is 31.6 Å². The van der Waals surface area contributed by atoms with Crippen LogP contribution in [0.15, 0.2) is 24.3 Å². The topological polar surface area (TPSA) is 49.6 Å². The molecule has 0 aromatic heterocycles. The molecule has 1 aliphatic heterocycles. The molecule has 2 amide bonds. The van der Waals surface area contributed by atoms with E-state index in [-0.39, 0.29) is 6.03 Å². The van der Waals surface area contributed by atoms with Crippen molar-refractivity contribution >= 4 is 11.7 Å². The molecule has 4 nitrogen and oxygen atoms in total. The number of nitrogens with two attached hydrogens (primary N) is 1. The first-order valence-corrected chi connectivity index (χ1v) is 5.96. The predicted molar refractivity (Wildman–Crippen MR) is 69.3 cm³/mol. The van der Waals surface area contributed by atoms with Gasteiger partial charge < -0.3 is 10.6 Å². The highest BCUT2D eigenvalue weighted by atomic mass is 16.2. The van der Waals surface area contributed by atoms with E-state index >= 15 is 0 Å². The molecule has 0 bridgehead atoms. The van der Waals surface area contributed by atoms with Crippen molar-refractivity contribution in [1.29, 1.82) is 0 Å². The van der Waals surface area contributed by atoms with Gasteiger partial charge in [0, 0.05) is 25.8 Å². The Morgan fingerprint density at radius 1 is 1.41 bits per heavy atom. The van der Waals surface area contributed by atoms with Gasteiger partial charge in [0.15, 0.2) is 0 Å². The van der Waals surface area contributed by atoms with Crippen molar-refractivity contribution in [2.24, 2.45) is 5.73 Å². The van der Waals surface area contributed by atoms with Crippen LogP contribution in [0.3, 0.4) is 0 Å². The molecule has 1 heterocycles. The second-order valence-corrected chi connectivity index (χ2v) is 4.59. The first-order valence-electron chi connectivity index (χ1n) is 5.96. The molecule has 1 atom stereocenters.